The Hall–Kier alpha value is -2.08. The average molecular weight is 317 g/mol. The first-order valence-electron chi connectivity index (χ1n) is 7.98. The second-order valence-corrected chi connectivity index (χ2v) is 6.41. The second kappa shape index (κ2) is 6.58. The van der Waals surface area contributed by atoms with Crippen LogP contribution in [0.15, 0.2) is 18.2 Å². The summed E-state index contributed by atoms with van der Waals surface area (Å²) in [6.07, 6.45) is 1.93. The normalized spacial score (nSPS) is 22.3. The van der Waals surface area contributed by atoms with Crippen LogP contribution in [0.3, 0.4) is 0 Å². The summed E-state index contributed by atoms with van der Waals surface area (Å²) in [6, 6.07) is 5.81. The van der Waals surface area contributed by atoms with Gasteiger partial charge in [0.1, 0.15) is 17.1 Å². The molecule has 1 aromatic heterocycles. The number of aromatic amines is 1. The van der Waals surface area contributed by atoms with E-state index in [0.717, 1.165) is 48.5 Å². The lowest BCUT2D eigenvalue weighted by Gasteiger charge is -2.35. The number of hydrogen-bond acceptors (Lipinski definition) is 4. The number of imidazole rings is 1. The summed E-state index contributed by atoms with van der Waals surface area (Å²) in [6.45, 7) is 1.87. The number of aliphatic carboxylic acids is 1. The molecule has 0 saturated carbocycles. The molecule has 2 heterocycles. The van der Waals surface area contributed by atoms with E-state index >= 15 is 0 Å². The molecule has 3 rings (SSSR count). The Morgan fingerprint density at radius 2 is 2.30 bits per heavy atom. The molecule has 0 spiro atoms. The summed E-state index contributed by atoms with van der Waals surface area (Å²) in [7, 11) is 3.73. The average Bonchev–Trinajstić information content (AvgIpc) is 2.92. The molecule has 0 unspecified atom stereocenters. The maximum absolute atomic E-state index is 11.1. The summed E-state index contributed by atoms with van der Waals surface area (Å²) < 4.78 is 5.35. The van der Waals surface area contributed by atoms with E-state index in [2.05, 4.69) is 21.9 Å². The van der Waals surface area contributed by atoms with Gasteiger partial charge in [-0.15, -0.1) is 0 Å². The predicted octanol–water partition coefficient (Wildman–Crippen LogP) is 2.16. The molecule has 2 N–H and O–H groups in total. The van der Waals surface area contributed by atoms with Crippen molar-refractivity contribution in [1.29, 1.82) is 0 Å². The summed E-state index contributed by atoms with van der Waals surface area (Å²) in [5.74, 6) is 1.46. The largest absolute Gasteiger partial charge is 0.494 e. The number of para-hydroxylation sites is 1. The molecule has 1 aromatic carbocycles. The summed E-state index contributed by atoms with van der Waals surface area (Å²) in [5.41, 5.74) is 1.79. The molecule has 0 aliphatic carbocycles. The van der Waals surface area contributed by atoms with E-state index in [9.17, 15) is 4.79 Å². The zero-order valence-electron chi connectivity index (χ0n) is 13.6. The van der Waals surface area contributed by atoms with Gasteiger partial charge in [0.05, 0.1) is 12.6 Å². The fourth-order valence-electron chi connectivity index (χ4n) is 3.55. The van der Waals surface area contributed by atoms with Crippen molar-refractivity contribution in [3.63, 3.8) is 0 Å². The number of carboxylic acid groups (broad SMARTS) is 1. The van der Waals surface area contributed by atoms with E-state index in [1.165, 1.54) is 0 Å². The van der Waals surface area contributed by atoms with Gasteiger partial charge in [0.2, 0.25) is 0 Å². The van der Waals surface area contributed by atoms with Gasteiger partial charge < -0.3 is 19.7 Å². The molecule has 1 saturated heterocycles. The lowest BCUT2D eigenvalue weighted by Crippen LogP contribution is -2.40. The maximum Gasteiger partial charge on any atom is 0.303 e. The molecule has 1 fully saturated rings. The summed E-state index contributed by atoms with van der Waals surface area (Å²) in [5, 5.41) is 9.14. The van der Waals surface area contributed by atoms with Crippen molar-refractivity contribution >= 4 is 17.0 Å². The van der Waals surface area contributed by atoms with Gasteiger partial charge in [0, 0.05) is 19.4 Å². The second-order valence-electron chi connectivity index (χ2n) is 6.41. The Bertz CT molecular complexity index is 697. The van der Waals surface area contributed by atoms with Crippen molar-refractivity contribution in [3.8, 4) is 5.75 Å². The number of likely N-dealkylation sites (tertiary alicyclic amines) is 1. The van der Waals surface area contributed by atoms with Crippen LogP contribution in [0.4, 0.5) is 0 Å². The number of fused-ring (bicyclic) bond motifs is 1. The molecular weight excluding hydrogens is 294 g/mol. The van der Waals surface area contributed by atoms with Crippen LogP contribution in [0.2, 0.25) is 0 Å². The lowest BCUT2D eigenvalue weighted by molar-refractivity contribution is -0.139. The van der Waals surface area contributed by atoms with Gasteiger partial charge in [0.25, 0.3) is 0 Å². The third-order valence-electron chi connectivity index (χ3n) is 4.73. The maximum atomic E-state index is 11.1. The Morgan fingerprint density at radius 3 is 3.04 bits per heavy atom. The number of H-pyrrole nitrogens is 1. The van der Waals surface area contributed by atoms with Gasteiger partial charge in [0.15, 0.2) is 0 Å². The number of nitrogens with zero attached hydrogens (tertiary/aromatic N) is 2. The van der Waals surface area contributed by atoms with Gasteiger partial charge in [-0.2, -0.15) is 0 Å². The molecule has 0 radical (unpaired) electrons. The number of benzene rings is 1. The van der Waals surface area contributed by atoms with E-state index in [4.69, 9.17) is 9.84 Å². The van der Waals surface area contributed by atoms with Crippen LogP contribution in [0.5, 0.6) is 5.75 Å². The number of hydrogen-bond donors (Lipinski definition) is 2. The Labute approximate surface area is 135 Å². The Morgan fingerprint density at radius 1 is 1.48 bits per heavy atom. The highest BCUT2D eigenvalue weighted by atomic mass is 16.5. The molecule has 6 nitrogen and oxygen atoms in total. The molecule has 1 aliphatic heterocycles. The summed E-state index contributed by atoms with van der Waals surface area (Å²) in [4.78, 5) is 21.4. The molecule has 0 bridgehead atoms. The van der Waals surface area contributed by atoms with Crippen molar-refractivity contribution in [2.24, 2.45) is 11.8 Å². The van der Waals surface area contributed by atoms with Crippen LogP contribution >= 0.6 is 0 Å². The quantitative estimate of drug-likeness (QED) is 0.883. The Kier molecular flexibility index (Phi) is 4.52. The van der Waals surface area contributed by atoms with Crippen molar-refractivity contribution in [2.75, 3.05) is 27.2 Å². The van der Waals surface area contributed by atoms with Crippen LogP contribution in [-0.2, 0) is 11.2 Å². The van der Waals surface area contributed by atoms with Crippen LogP contribution in [0.25, 0.3) is 11.0 Å². The molecule has 124 valence electrons. The molecular formula is C17H23N3O3. The monoisotopic (exact) mass is 317 g/mol. The number of ether oxygens (including phenoxy) is 1. The molecule has 1 aliphatic rings. The van der Waals surface area contributed by atoms with Gasteiger partial charge in [-0.25, -0.2) is 4.98 Å². The smallest absolute Gasteiger partial charge is 0.303 e. The number of piperidine rings is 1. The Balaban J connectivity index is 1.82. The molecule has 2 aromatic rings. The third-order valence-corrected chi connectivity index (χ3v) is 4.73. The molecule has 2 atom stereocenters. The third kappa shape index (κ3) is 3.47. The van der Waals surface area contributed by atoms with E-state index < -0.39 is 5.97 Å². The minimum Gasteiger partial charge on any atom is -0.494 e. The molecule has 0 amide bonds. The van der Waals surface area contributed by atoms with Crippen LogP contribution in [0.1, 0.15) is 18.7 Å². The van der Waals surface area contributed by atoms with Gasteiger partial charge in [-0.1, -0.05) is 6.07 Å². The van der Waals surface area contributed by atoms with E-state index in [1.807, 2.05) is 18.2 Å². The SMILES string of the molecule is COc1cccc2[nH]c(C[C@H]3CN(C)CC[C@H]3CC(=O)O)nc12. The van der Waals surface area contributed by atoms with Crippen molar-refractivity contribution < 1.29 is 14.6 Å². The topological polar surface area (TPSA) is 78.5 Å². The first-order valence-corrected chi connectivity index (χ1v) is 7.98. The van der Waals surface area contributed by atoms with Gasteiger partial charge >= 0.3 is 5.97 Å². The summed E-state index contributed by atoms with van der Waals surface area (Å²) >= 11 is 0. The van der Waals surface area contributed by atoms with E-state index in [1.54, 1.807) is 7.11 Å². The highest BCUT2D eigenvalue weighted by Crippen LogP contribution is 2.30. The van der Waals surface area contributed by atoms with Crippen molar-refractivity contribution in [3.05, 3.63) is 24.0 Å². The van der Waals surface area contributed by atoms with Crippen LogP contribution in [0, 0.1) is 11.8 Å². The van der Waals surface area contributed by atoms with Crippen molar-refractivity contribution in [1.82, 2.24) is 14.9 Å². The predicted molar refractivity (Wildman–Crippen MR) is 87.7 cm³/mol. The van der Waals surface area contributed by atoms with Gasteiger partial charge in [-0.05, 0) is 44.0 Å². The van der Waals surface area contributed by atoms with Crippen LogP contribution in [-0.4, -0.2) is 53.2 Å². The minimum atomic E-state index is -0.712. The number of aromatic nitrogens is 2. The highest BCUT2D eigenvalue weighted by molar-refractivity contribution is 5.81. The first-order chi connectivity index (χ1) is 11.1. The fraction of sp³-hybridized carbons (Fsp3) is 0.529. The van der Waals surface area contributed by atoms with E-state index in [0.29, 0.717) is 5.92 Å². The number of carboxylic acids is 1. The number of methoxy groups -OCH3 is 1. The fourth-order valence-corrected chi connectivity index (χ4v) is 3.55. The molecule has 6 heteroatoms. The van der Waals surface area contributed by atoms with E-state index in [-0.39, 0.29) is 12.3 Å². The molecule has 23 heavy (non-hydrogen) atoms. The number of rotatable bonds is 5. The number of nitrogens with one attached hydrogen (secondary N) is 1. The standard InChI is InChI=1S/C17H23N3O3/c1-20-7-6-11(9-16(21)22)12(10-20)8-15-18-13-4-3-5-14(23-2)17(13)19-15/h3-5,11-12H,6-10H2,1-2H3,(H,18,19)(H,21,22)/t11-,12-/m0/s1. The zero-order valence-corrected chi connectivity index (χ0v) is 13.6. The van der Waals surface area contributed by atoms with Crippen LogP contribution < -0.4 is 4.74 Å². The van der Waals surface area contributed by atoms with Gasteiger partial charge in [-0.3, -0.25) is 4.79 Å². The highest BCUT2D eigenvalue weighted by Gasteiger charge is 2.30. The first kappa shape index (κ1) is 15.8. The zero-order chi connectivity index (χ0) is 16.4. The van der Waals surface area contributed by atoms with Crippen molar-refractivity contribution in [2.45, 2.75) is 19.3 Å². The number of carbonyl (C=O) groups is 1. The lowest BCUT2D eigenvalue weighted by atomic mass is 9.81. The minimum absolute atomic E-state index is 0.207.